The van der Waals surface area contributed by atoms with Gasteiger partial charge in [-0.3, -0.25) is 4.79 Å². The number of carbonyl (C=O) groups excluding carboxylic acids is 1. The van der Waals surface area contributed by atoms with E-state index in [1.165, 1.54) is 17.2 Å². The first-order valence-corrected chi connectivity index (χ1v) is 7.09. The van der Waals surface area contributed by atoms with Gasteiger partial charge in [-0.25, -0.2) is 0 Å². The Balaban J connectivity index is 2.08. The molecule has 6 heteroatoms. The van der Waals surface area contributed by atoms with Gasteiger partial charge in [-0.1, -0.05) is 6.92 Å². The fourth-order valence-corrected chi connectivity index (χ4v) is 2.35. The number of carbonyl (C=O) groups is 1. The van der Waals surface area contributed by atoms with Gasteiger partial charge in [0.1, 0.15) is 18.0 Å². The maximum absolute atomic E-state index is 12.3. The van der Waals surface area contributed by atoms with Gasteiger partial charge >= 0.3 is 0 Å². The van der Waals surface area contributed by atoms with Crippen LogP contribution in [0, 0.1) is 0 Å². The van der Waals surface area contributed by atoms with Crippen LogP contribution >= 0.6 is 0 Å². The highest BCUT2D eigenvalue weighted by atomic mass is 16.5. The maximum atomic E-state index is 12.3. The molecule has 1 aliphatic heterocycles. The van der Waals surface area contributed by atoms with Crippen molar-refractivity contribution in [2.24, 2.45) is 0 Å². The van der Waals surface area contributed by atoms with Crippen molar-refractivity contribution in [1.82, 2.24) is 4.90 Å². The number of hydrogen-bond donors (Lipinski definition) is 2. The Hall–Kier alpha value is -1.63. The van der Waals surface area contributed by atoms with Crippen molar-refractivity contribution in [3.63, 3.8) is 0 Å². The van der Waals surface area contributed by atoms with Crippen molar-refractivity contribution < 1.29 is 24.2 Å². The summed E-state index contributed by atoms with van der Waals surface area (Å²) in [5, 5.41) is 19.8. The van der Waals surface area contributed by atoms with E-state index in [0.717, 1.165) is 6.42 Å². The monoisotopic (exact) mass is 295 g/mol. The summed E-state index contributed by atoms with van der Waals surface area (Å²) in [5.41, 5.74) is 0. The topological polar surface area (TPSA) is 83.1 Å². The first-order valence-electron chi connectivity index (χ1n) is 7.09. The van der Waals surface area contributed by atoms with Crippen LogP contribution in [-0.4, -0.2) is 59.0 Å². The molecule has 1 aliphatic rings. The summed E-state index contributed by atoms with van der Waals surface area (Å²) in [4.78, 5) is 13.9. The number of rotatable bonds is 5. The molecule has 21 heavy (non-hydrogen) atoms. The Morgan fingerprint density at radius 1 is 1.48 bits per heavy atom. The van der Waals surface area contributed by atoms with Gasteiger partial charge in [0.15, 0.2) is 0 Å². The Morgan fingerprint density at radius 3 is 2.95 bits per heavy atom. The smallest absolute Gasteiger partial charge is 0.247 e. The molecule has 0 aromatic carbocycles. The minimum Gasteiger partial charge on any atom is -0.465 e. The predicted molar refractivity (Wildman–Crippen MR) is 76.4 cm³/mol. The Morgan fingerprint density at radius 2 is 2.29 bits per heavy atom. The summed E-state index contributed by atoms with van der Waals surface area (Å²) < 4.78 is 10.4. The van der Waals surface area contributed by atoms with Gasteiger partial charge in [-0.15, -0.1) is 0 Å². The lowest BCUT2D eigenvalue weighted by Gasteiger charge is -2.39. The van der Waals surface area contributed by atoms with Gasteiger partial charge < -0.3 is 24.3 Å². The lowest BCUT2D eigenvalue weighted by atomic mass is 10.0. The molecule has 2 rings (SSSR count). The van der Waals surface area contributed by atoms with E-state index in [4.69, 9.17) is 9.15 Å². The Bertz CT molecular complexity index is 470. The second-order valence-electron chi connectivity index (χ2n) is 5.04. The molecule has 1 aromatic rings. The predicted octanol–water partition coefficient (Wildman–Crippen LogP) is 0.652. The molecule has 1 fully saturated rings. The van der Waals surface area contributed by atoms with E-state index in [0.29, 0.717) is 12.3 Å². The van der Waals surface area contributed by atoms with Crippen LogP contribution in [0.25, 0.3) is 6.08 Å². The number of hydrogen-bond acceptors (Lipinski definition) is 5. The number of aliphatic hydroxyl groups is 2. The van der Waals surface area contributed by atoms with Gasteiger partial charge in [0.2, 0.25) is 5.91 Å². The molecule has 0 spiro atoms. The zero-order valence-electron chi connectivity index (χ0n) is 12.0. The second kappa shape index (κ2) is 7.40. The maximum Gasteiger partial charge on any atom is 0.247 e. The zero-order valence-corrected chi connectivity index (χ0v) is 12.0. The van der Waals surface area contributed by atoms with E-state index in [1.54, 1.807) is 18.2 Å². The van der Waals surface area contributed by atoms with Crippen molar-refractivity contribution in [3.8, 4) is 0 Å². The van der Waals surface area contributed by atoms with Crippen LogP contribution in [0.15, 0.2) is 28.9 Å². The first kappa shape index (κ1) is 15.8. The van der Waals surface area contributed by atoms with Crippen LogP contribution in [-0.2, 0) is 9.53 Å². The summed E-state index contributed by atoms with van der Waals surface area (Å²) in [6, 6.07) is 2.95. The van der Waals surface area contributed by atoms with Crippen molar-refractivity contribution in [2.75, 3.05) is 19.8 Å². The van der Waals surface area contributed by atoms with Crippen LogP contribution in [0.5, 0.6) is 0 Å². The zero-order chi connectivity index (χ0) is 15.2. The third-order valence-corrected chi connectivity index (χ3v) is 3.45. The summed E-state index contributed by atoms with van der Waals surface area (Å²) in [7, 11) is 0. The third kappa shape index (κ3) is 3.93. The molecular weight excluding hydrogens is 274 g/mol. The van der Waals surface area contributed by atoms with Gasteiger partial charge in [0.25, 0.3) is 0 Å². The quantitative estimate of drug-likeness (QED) is 0.779. The van der Waals surface area contributed by atoms with E-state index in [-0.39, 0.29) is 19.1 Å². The van der Waals surface area contributed by atoms with E-state index in [1.807, 2.05) is 6.92 Å². The van der Waals surface area contributed by atoms with Crippen molar-refractivity contribution >= 4 is 12.0 Å². The van der Waals surface area contributed by atoms with Gasteiger partial charge in [-0.2, -0.15) is 0 Å². The fraction of sp³-hybridized carbons (Fsp3) is 0.533. The van der Waals surface area contributed by atoms with Gasteiger partial charge in [0.05, 0.1) is 25.5 Å². The lowest BCUT2D eigenvalue weighted by molar-refractivity contribution is -0.152. The average Bonchev–Trinajstić information content (AvgIpc) is 2.99. The summed E-state index contributed by atoms with van der Waals surface area (Å²) >= 11 is 0. The molecule has 116 valence electrons. The van der Waals surface area contributed by atoms with Crippen LogP contribution < -0.4 is 0 Å². The number of amides is 1. The van der Waals surface area contributed by atoms with Gasteiger partial charge in [0, 0.05) is 12.6 Å². The van der Waals surface area contributed by atoms with E-state index in [2.05, 4.69) is 0 Å². The highest BCUT2D eigenvalue weighted by molar-refractivity contribution is 5.91. The number of furan rings is 1. The normalized spacial score (nSPS) is 26.1. The highest BCUT2D eigenvalue weighted by Crippen LogP contribution is 2.16. The SMILES string of the molecule is CCCN(C(=O)C=Cc1ccco1)[C@@H]1COC[C@@H](O)[C@H]1O. The second-order valence-corrected chi connectivity index (χ2v) is 5.04. The first-order chi connectivity index (χ1) is 10.1. The van der Waals surface area contributed by atoms with E-state index >= 15 is 0 Å². The standard InChI is InChI=1S/C15H21NO5/c1-2-7-16(12-9-20-10-13(17)15(12)19)14(18)6-5-11-4-3-8-21-11/h3-6,8,12-13,15,17,19H,2,7,9-10H2,1H3/t12-,13-,15+/m1/s1. The van der Waals surface area contributed by atoms with Gasteiger partial charge in [-0.05, 0) is 24.6 Å². The van der Waals surface area contributed by atoms with E-state index in [9.17, 15) is 15.0 Å². The fourth-order valence-electron chi connectivity index (χ4n) is 2.35. The molecule has 6 nitrogen and oxygen atoms in total. The van der Waals surface area contributed by atoms with E-state index < -0.39 is 18.2 Å². The molecule has 2 heterocycles. The van der Waals surface area contributed by atoms with Crippen molar-refractivity contribution in [2.45, 2.75) is 31.6 Å². The van der Waals surface area contributed by atoms with Crippen LogP contribution in [0.4, 0.5) is 0 Å². The molecule has 1 aromatic heterocycles. The molecule has 0 radical (unpaired) electrons. The average molecular weight is 295 g/mol. The molecule has 1 saturated heterocycles. The summed E-state index contributed by atoms with van der Waals surface area (Å²) in [5.74, 6) is 0.343. The minimum absolute atomic E-state index is 0.0913. The molecule has 0 aliphatic carbocycles. The molecule has 0 bridgehead atoms. The number of aliphatic hydroxyl groups excluding tert-OH is 2. The van der Waals surface area contributed by atoms with Crippen LogP contribution in [0.1, 0.15) is 19.1 Å². The van der Waals surface area contributed by atoms with Crippen molar-refractivity contribution in [1.29, 1.82) is 0 Å². The third-order valence-electron chi connectivity index (χ3n) is 3.45. The molecule has 0 saturated carbocycles. The minimum atomic E-state index is -0.994. The lowest BCUT2D eigenvalue weighted by Crippen LogP contribution is -2.57. The molecular formula is C15H21NO5. The van der Waals surface area contributed by atoms with Crippen LogP contribution in [0.3, 0.4) is 0 Å². The highest BCUT2D eigenvalue weighted by Gasteiger charge is 2.36. The molecule has 0 unspecified atom stereocenters. The van der Waals surface area contributed by atoms with Crippen molar-refractivity contribution in [3.05, 3.63) is 30.2 Å². The summed E-state index contributed by atoms with van der Waals surface area (Å²) in [6.45, 7) is 2.74. The summed E-state index contributed by atoms with van der Waals surface area (Å²) in [6.07, 6.45) is 3.30. The Labute approximate surface area is 123 Å². The van der Waals surface area contributed by atoms with Crippen LogP contribution in [0.2, 0.25) is 0 Å². The Kier molecular flexibility index (Phi) is 5.55. The molecule has 3 atom stereocenters. The largest absolute Gasteiger partial charge is 0.465 e. The molecule has 2 N–H and O–H groups in total. The number of ether oxygens (including phenoxy) is 1. The number of nitrogens with zero attached hydrogens (tertiary/aromatic N) is 1. The molecule has 1 amide bonds.